The zero-order chi connectivity index (χ0) is 13.3. The molecule has 1 amide bonds. The number of aliphatic carboxylic acids is 1. The van der Waals surface area contributed by atoms with E-state index in [0.29, 0.717) is 24.0 Å². The number of phenols is 1. The summed E-state index contributed by atoms with van der Waals surface area (Å²) in [5.74, 6) is -1.17. The van der Waals surface area contributed by atoms with Crippen LogP contribution < -0.4 is 5.32 Å². The zero-order valence-electron chi connectivity index (χ0n) is 10.1. The van der Waals surface area contributed by atoms with Gasteiger partial charge in [-0.05, 0) is 37.5 Å². The fraction of sp³-hybridized carbons (Fsp3) is 0.385. The Morgan fingerprint density at radius 3 is 2.56 bits per heavy atom. The van der Waals surface area contributed by atoms with Gasteiger partial charge in [-0.1, -0.05) is 6.07 Å². The Bertz CT molecular complexity index is 506. The minimum atomic E-state index is -0.866. The average Bonchev–Trinajstić information content (AvgIpc) is 3.11. The monoisotopic (exact) mass is 249 g/mol. The van der Waals surface area contributed by atoms with Crippen molar-refractivity contribution in [2.75, 3.05) is 6.54 Å². The standard InChI is InChI=1S/C13H15NO4/c1-8-2-3-9(6-10(8)15)11(16)14-7-13(4-5-13)12(17)18/h2-3,6,15H,4-5,7H2,1H3,(H,14,16)(H,17,18). The van der Waals surface area contributed by atoms with Gasteiger partial charge >= 0.3 is 5.97 Å². The number of nitrogens with one attached hydrogen (secondary N) is 1. The summed E-state index contributed by atoms with van der Waals surface area (Å²) in [6, 6.07) is 4.63. The van der Waals surface area contributed by atoms with Crippen LogP contribution in [-0.2, 0) is 4.79 Å². The third kappa shape index (κ3) is 2.30. The molecule has 0 unspecified atom stereocenters. The van der Waals surface area contributed by atoms with E-state index < -0.39 is 11.4 Å². The minimum Gasteiger partial charge on any atom is -0.508 e. The molecule has 96 valence electrons. The van der Waals surface area contributed by atoms with Crippen LogP contribution in [0.3, 0.4) is 0 Å². The van der Waals surface area contributed by atoms with Crippen LogP contribution in [0.25, 0.3) is 0 Å². The molecule has 0 spiro atoms. The van der Waals surface area contributed by atoms with Gasteiger partial charge in [0.2, 0.25) is 0 Å². The second kappa shape index (κ2) is 4.33. The second-order valence-corrected chi connectivity index (χ2v) is 4.77. The Balaban J connectivity index is 2.00. The van der Waals surface area contributed by atoms with E-state index in [2.05, 4.69) is 5.32 Å². The molecule has 1 fully saturated rings. The molecule has 5 nitrogen and oxygen atoms in total. The molecule has 0 aliphatic heterocycles. The predicted octanol–water partition coefficient (Wildman–Crippen LogP) is 1.30. The molecule has 0 heterocycles. The Hall–Kier alpha value is -2.04. The van der Waals surface area contributed by atoms with Crippen LogP contribution >= 0.6 is 0 Å². The molecule has 2 rings (SSSR count). The number of aryl methyl sites for hydroxylation is 1. The van der Waals surface area contributed by atoms with E-state index in [9.17, 15) is 14.7 Å². The Labute approximate surface area is 104 Å². The topological polar surface area (TPSA) is 86.6 Å². The number of carboxylic acid groups (broad SMARTS) is 1. The van der Waals surface area contributed by atoms with Gasteiger partial charge in [0, 0.05) is 12.1 Å². The lowest BCUT2D eigenvalue weighted by molar-refractivity contribution is -0.143. The number of hydrogen-bond donors (Lipinski definition) is 3. The van der Waals surface area contributed by atoms with Crippen molar-refractivity contribution in [2.24, 2.45) is 5.41 Å². The molecule has 18 heavy (non-hydrogen) atoms. The maximum Gasteiger partial charge on any atom is 0.311 e. The van der Waals surface area contributed by atoms with Crippen LogP contribution in [0.15, 0.2) is 18.2 Å². The molecule has 1 saturated carbocycles. The molecule has 5 heteroatoms. The number of aromatic hydroxyl groups is 1. The maximum atomic E-state index is 11.8. The molecule has 0 atom stereocenters. The van der Waals surface area contributed by atoms with Crippen LogP contribution in [0.1, 0.15) is 28.8 Å². The molecular weight excluding hydrogens is 234 g/mol. The lowest BCUT2D eigenvalue weighted by Crippen LogP contribution is -2.34. The van der Waals surface area contributed by atoms with Gasteiger partial charge in [0.15, 0.2) is 0 Å². The van der Waals surface area contributed by atoms with Crippen molar-refractivity contribution >= 4 is 11.9 Å². The van der Waals surface area contributed by atoms with Gasteiger partial charge in [-0.2, -0.15) is 0 Å². The Morgan fingerprint density at radius 1 is 1.39 bits per heavy atom. The van der Waals surface area contributed by atoms with Crippen LogP contribution in [0.2, 0.25) is 0 Å². The summed E-state index contributed by atoms with van der Waals surface area (Å²) in [5.41, 5.74) is 0.248. The van der Waals surface area contributed by atoms with Gasteiger partial charge < -0.3 is 15.5 Å². The highest BCUT2D eigenvalue weighted by molar-refractivity contribution is 5.95. The molecule has 1 aliphatic carbocycles. The summed E-state index contributed by atoms with van der Waals surface area (Å²) in [6.45, 7) is 1.87. The lowest BCUT2D eigenvalue weighted by Gasteiger charge is -2.11. The number of rotatable bonds is 4. The molecule has 1 aromatic carbocycles. The third-order valence-electron chi connectivity index (χ3n) is 3.37. The van der Waals surface area contributed by atoms with Crippen LogP contribution in [0.5, 0.6) is 5.75 Å². The van der Waals surface area contributed by atoms with Crippen molar-refractivity contribution < 1.29 is 19.8 Å². The summed E-state index contributed by atoms with van der Waals surface area (Å²) < 4.78 is 0. The van der Waals surface area contributed by atoms with Gasteiger partial charge in [-0.15, -0.1) is 0 Å². The fourth-order valence-electron chi connectivity index (χ4n) is 1.72. The first kappa shape index (κ1) is 12.4. The number of benzene rings is 1. The van der Waals surface area contributed by atoms with Gasteiger partial charge in [-0.25, -0.2) is 0 Å². The molecule has 0 bridgehead atoms. The van der Waals surface area contributed by atoms with Gasteiger partial charge in [0.25, 0.3) is 5.91 Å². The lowest BCUT2D eigenvalue weighted by atomic mass is 10.1. The Morgan fingerprint density at radius 2 is 2.06 bits per heavy atom. The van der Waals surface area contributed by atoms with Gasteiger partial charge in [0.05, 0.1) is 5.41 Å². The largest absolute Gasteiger partial charge is 0.508 e. The average molecular weight is 249 g/mol. The second-order valence-electron chi connectivity index (χ2n) is 4.77. The van der Waals surface area contributed by atoms with Gasteiger partial charge in [-0.3, -0.25) is 9.59 Å². The number of phenolic OH excluding ortho intramolecular Hbond substituents is 1. The van der Waals surface area contributed by atoms with Crippen molar-refractivity contribution in [2.45, 2.75) is 19.8 Å². The summed E-state index contributed by atoms with van der Waals surface area (Å²) in [5, 5.41) is 21.1. The number of hydrogen-bond acceptors (Lipinski definition) is 3. The highest BCUT2D eigenvalue weighted by Crippen LogP contribution is 2.45. The number of carbonyl (C=O) groups excluding carboxylic acids is 1. The Kier molecular flexibility index (Phi) is 2.98. The van der Waals surface area contributed by atoms with E-state index >= 15 is 0 Å². The van der Waals surface area contributed by atoms with E-state index in [-0.39, 0.29) is 18.2 Å². The third-order valence-corrected chi connectivity index (χ3v) is 3.37. The summed E-state index contributed by atoms with van der Waals surface area (Å²) in [6.07, 6.45) is 1.20. The van der Waals surface area contributed by atoms with Crippen molar-refractivity contribution in [1.82, 2.24) is 5.32 Å². The number of carboxylic acids is 1. The maximum absolute atomic E-state index is 11.8. The van der Waals surface area contributed by atoms with Crippen molar-refractivity contribution in [1.29, 1.82) is 0 Å². The first-order valence-corrected chi connectivity index (χ1v) is 5.76. The van der Waals surface area contributed by atoms with Gasteiger partial charge in [0.1, 0.15) is 5.75 Å². The van der Waals surface area contributed by atoms with E-state index in [4.69, 9.17) is 5.11 Å². The van der Waals surface area contributed by atoms with Crippen LogP contribution in [0, 0.1) is 12.3 Å². The number of amides is 1. The number of carbonyl (C=O) groups is 2. The van der Waals surface area contributed by atoms with E-state index in [0.717, 1.165) is 0 Å². The fourth-order valence-corrected chi connectivity index (χ4v) is 1.72. The molecule has 1 aliphatic rings. The molecular formula is C13H15NO4. The highest BCUT2D eigenvalue weighted by Gasteiger charge is 2.50. The SMILES string of the molecule is Cc1ccc(C(=O)NCC2(C(=O)O)CC2)cc1O. The first-order valence-electron chi connectivity index (χ1n) is 5.76. The highest BCUT2D eigenvalue weighted by atomic mass is 16.4. The minimum absolute atomic E-state index is 0.0574. The molecule has 0 aromatic heterocycles. The molecule has 0 radical (unpaired) electrons. The molecule has 3 N–H and O–H groups in total. The van der Waals surface area contributed by atoms with E-state index in [1.807, 2.05) is 0 Å². The molecule has 1 aromatic rings. The zero-order valence-corrected chi connectivity index (χ0v) is 10.1. The smallest absolute Gasteiger partial charge is 0.311 e. The summed E-state index contributed by atoms with van der Waals surface area (Å²) in [7, 11) is 0. The quantitative estimate of drug-likeness (QED) is 0.750. The van der Waals surface area contributed by atoms with Crippen molar-refractivity contribution in [3.8, 4) is 5.75 Å². The van der Waals surface area contributed by atoms with Crippen molar-refractivity contribution in [3.05, 3.63) is 29.3 Å². The first-order chi connectivity index (χ1) is 8.44. The van der Waals surface area contributed by atoms with Crippen LogP contribution in [0.4, 0.5) is 0 Å². The predicted molar refractivity (Wildman–Crippen MR) is 64.5 cm³/mol. The molecule has 0 saturated heterocycles. The van der Waals surface area contributed by atoms with E-state index in [1.54, 1.807) is 19.1 Å². The summed E-state index contributed by atoms with van der Waals surface area (Å²) >= 11 is 0. The normalized spacial score (nSPS) is 16.1. The van der Waals surface area contributed by atoms with Crippen LogP contribution in [-0.4, -0.2) is 28.6 Å². The van der Waals surface area contributed by atoms with E-state index in [1.165, 1.54) is 6.07 Å². The van der Waals surface area contributed by atoms with Crippen molar-refractivity contribution in [3.63, 3.8) is 0 Å². The summed E-state index contributed by atoms with van der Waals surface area (Å²) in [4.78, 5) is 22.7.